The van der Waals surface area contributed by atoms with Crippen LogP contribution in [0.3, 0.4) is 0 Å². The first-order chi connectivity index (χ1) is 7.31. The van der Waals surface area contributed by atoms with Crippen LogP contribution < -0.4 is 0 Å². The monoisotopic (exact) mass is 220 g/mol. The Morgan fingerprint density at radius 2 is 2.13 bits per heavy atom. The Morgan fingerprint density at radius 3 is 2.93 bits per heavy atom. The predicted molar refractivity (Wildman–Crippen MR) is 56.1 cm³/mol. The van der Waals surface area contributed by atoms with Crippen molar-refractivity contribution in [2.24, 2.45) is 0 Å². The highest BCUT2D eigenvalue weighted by molar-refractivity contribution is 7.98. The summed E-state index contributed by atoms with van der Waals surface area (Å²) >= 11 is 1.57. The van der Waals surface area contributed by atoms with Crippen molar-refractivity contribution in [1.29, 1.82) is 0 Å². The van der Waals surface area contributed by atoms with Gasteiger partial charge in [0.25, 0.3) is 0 Å². The minimum Gasteiger partial charge on any atom is -0.260 e. The van der Waals surface area contributed by atoms with Gasteiger partial charge < -0.3 is 0 Å². The molecule has 0 N–H and O–H groups in total. The maximum absolute atomic E-state index is 4.13. The highest BCUT2D eigenvalue weighted by atomic mass is 32.2. The van der Waals surface area contributed by atoms with Crippen LogP contribution in [0.15, 0.2) is 17.6 Å². The summed E-state index contributed by atoms with van der Waals surface area (Å²) in [7, 11) is 0. The summed E-state index contributed by atoms with van der Waals surface area (Å²) in [5.41, 5.74) is 1.85. The summed E-state index contributed by atoms with van der Waals surface area (Å²) in [6, 6.07) is 1.96. The molecule has 0 saturated heterocycles. The Morgan fingerprint density at radius 1 is 1.27 bits per heavy atom. The first-order valence-electron chi connectivity index (χ1n) is 4.39. The molecular formula is C8H8N6S. The molecule has 0 atom stereocenters. The standard InChI is InChI=1S/C8H8N6S/c1-5-3-6-10-9-4-13(6)7-11-12-8(15-2)14(5)7/h3-4H,1-2H3. The minimum atomic E-state index is 0.749. The van der Waals surface area contributed by atoms with Gasteiger partial charge in [-0.2, -0.15) is 0 Å². The number of thioether (sulfide) groups is 1. The Balaban J connectivity index is 2.57. The largest absolute Gasteiger partial charge is 0.260 e. The van der Waals surface area contributed by atoms with Crippen molar-refractivity contribution in [2.75, 3.05) is 6.26 Å². The van der Waals surface area contributed by atoms with E-state index in [9.17, 15) is 0 Å². The van der Waals surface area contributed by atoms with Crippen molar-refractivity contribution in [3.05, 3.63) is 18.1 Å². The van der Waals surface area contributed by atoms with Gasteiger partial charge in [-0.3, -0.25) is 4.40 Å². The fourth-order valence-corrected chi connectivity index (χ4v) is 2.14. The van der Waals surface area contributed by atoms with E-state index in [1.54, 1.807) is 18.1 Å². The first kappa shape index (κ1) is 8.66. The molecule has 3 aromatic heterocycles. The molecule has 0 aliphatic heterocycles. The van der Waals surface area contributed by atoms with E-state index in [4.69, 9.17) is 0 Å². The van der Waals surface area contributed by atoms with Crippen LogP contribution in [-0.2, 0) is 0 Å². The third-order valence-electron chi connectivity index (χ3n) is 2.28. The Labute approximate surface area is 89.3 Å². The summed E-state index contributed by atoms with van der Waals surface area (Å²) in [4.78, 5) is 0. The van der Waals surface area contributed by atoms with Crippen LogP contribution in [0.1, 0.15) is 5.69 Å². The molecule has 0 unspecified atom stereocenters. The molecule has 3 heterocycles. The van der Waals surface area contributed by atoms with Crippen molar-refractivity contribution in [3.63, 3.8) is 0 Å². The third kappa shape index (κ3) is 1.06. The second-order valence-electron chi connectivity index (χ2n) is 3.17. The zero-order valence-electron chi connectivity index (χ0n) is 8.25. The van der Waals surface area contributed by atoms with Gasteiger partial charge in [0.05, 0.1) is 0 Å². The molecule has 6 nitrogen and oxygen atoms in total. The highest BCUT2D eigenvalue weighted by Crippen LogP contribution is 2.17. The van der Waals surface area contributed by atoms with E-state index in [0.717, 1.165) is 22.3 Å². The molecule has 3 aromatic rings. The van der Waals surface area contributed by atoms with Crippen LogP contribution in [0, 0.1) is 6.92 Å². The van der Waals surface area contributed by atoms with Gasteiger partial charge in [-0.1, -0.05) is 11.8 Å². The molecule has 0 aromatic carbocycles. The third-order valence-corrected chi connectivity index (χ3v) is 2.91. The quantitative estimate of drug-likeness (QED) is 0.568. The molecule has 0 radical (unpaired) electrons. The molecule has 76 valence electrons. The SMILES string of the molecule is CSc1nnc2n1c(C)cc1nncn12. The lowest BCUT2D eigenvalue weighted by atomic mass is 10.4. The smallest absolute Gasteiger partial charge is 0.243 e. The number of rotatable bonds is 1. The fourth-order valence-electron chi connectivity index (χ4n) is 1.61. The normalized spacial score (nSPS) is 11.6. The van der Waals surface area contributed by atoms with E-state index >= 15 is 0 Å². The van der Waals surface area contributed by atoms with Crippen LogP contribution in [-0.4, -0.2) is 35.5 Å². The summed E-state index contributed by atoms with van der Waals surface area (Å²) in [6.45, 7) is 2.00. The lowest BCUT2D eigenvalue weighted by Gasteiger charge is -2.02. The zero-order chi connectivity index (χ0) is 10.4. The number of hydrogen-bond donors (Lipinski definition) is 0. The van der Waals surface area contributed by atoms with Gasteiger partial charge in [-0.15, -0.1) is 20.4 Å². The Bertz CT molecular complexity index is 639. The number of aryl methyl sites for hydroxylation is 1. The van der Waals surface area contributed by atoms with E-state index in [1.807, 2.05) is 28.0 Å². The molecule has 7 heteroatoms. The molecule has 0 aliphatic carbocycles. The van der Waals surface area contributed by atoms with Crippen molar-refractivity contribution in [1.82, 2.24) is 29.2 Å². The molecule has 15 heavy (non-hydrogen) atoms. The van der Waals surface area contributed by atoms with Gasteiger partial charge in [0.1, 0.15) is 6.33 Å². The summed E-state index contributed by atoms with van der Waals surface area (Å²) in [6.07, 6.45) is 3.62. The molecule has 3 rings (SSSR count). The van der Waals surface area contributed by atoms with Gasteiger partial charge in [0.2, 0.25) is 5.78 Å². The second kappa shape index (κ2) is 2.93. The molecule has 0 aliphatic rings. The molecule has 0 amide bonds. The fraction of sp³-hybridized carbons (Fsp3) is 0.250. The summed E-state index contributed by atoms with van der Waals surface area (Å²) in [5, 5.41) is 16.9. The lowest BCUT2D eigenvalue weighted by molar-refractivity contribution is 0.891. The molecule has 0 spiro atoms. The Kier molecular flexibility index (Phi) is 1.69. The second-order valence-corrected chi connectivity index (χ2v) is 3.94. The number of aromatic nitrogens is 6. The maximum atomic E-state index is 4.13. The van der Waals surface area contributed by atoms with Crippen molar-refractivity contribution in [3.8, 4) is 0 Å². The molecule has 0 saturated carbocycles. The predicted octanol–water partition coefficient (Wildman–Crippen LogP) is 0.802. The van der Waals surface area contributed by atoms with E-state index < -0.39 is 0 Å². The summed E-state index contributed by atoms with van der Waals surface area (Å²) < 4.78 is 3.81. The van der Waals surface area contributed by atoms with Gasteiger partial charge in [0.15, 0.2) is 10.8 Å². The lowest BCUT2D eigenvalue weighted by Crippen LogP contribution is -1.99. The minimum absolute atomic E-state index is 0.749. The summed E-state index contributed by atoms with van der Waals surface area (Å²) in [5.74, 6) is 0.749. The van der Waals surface area contributed by atoms with Gasteiger partial charge in [-0.05, 0) is 13.2 Å². The van der Waals surface area contributed by atoms with Crippen LogP contribution in [0.5, 0.6) is 0 Å². The van der Waals surface area contributed by atoms with E-state index in [1.165, 1.54) is 0 Å². The van der Waals surface area contributed by atoms with Gasteiger partial charge >= 0.3 is 0 Å². The van der Waals surface area contributed by atoms with Crippen LogP contribution in [0.25, 0.3) is 11.4 Å². The topological polar surface area (TPSA) is 60.4 Å². The number of hydrogen-bond acceptors (Lipinski definition) is 5. The van der Waals surface area contributed by atoms with Crippen molar-refractivity contribution in [2.45, 2.75) is 12.1 Å². The van der Waals surface area contributed by atoms with Crippen LogP contribution in [0.2, 0.25) is 0 Å². The molecule has 0 bridgehead atoms. The van der Waals surface area contributed by atoms with Crippen molar-refractivity contribution < 1.29 is 0 Å². The maximum Gasteiger partial charge on any atom is 0.243 e. The van der Waals surface area contributed by atoms with Crippen molar-refractivity contribution >= 4 is 23.2 Å². The first-order valence-corrected chi connectivity index (χ1v) is 5.62. The molecular weight excluding hydrogens is 212 g/mol. The van der Waals surface area contributed by atoms with E-state index in [0.29, 0.717) is 0 Å². The van der Waals surface area contributed by atoms with E-state index in [-0.39, 0.29) is 0 Å². The molecule has 0 fully saturated rings. The van der Waals surface area contributed by atoms with E-state index in [2.05, 4.69) is 20.4 Å². The zero-order valence-corrected chi connectivity index (χ0v) is 9.06. The average Bonchev–Trinajstić information content (AvgIpc) is 2.81. The number of fused-ring (bicyclic) bond motifs is 3. The van der Waals surface area contributed by atoms with Gasteiger partial charge in [-0.25, -0.2) is 4.40 Å². The number of nitrogens with zero attached hydrogens (tertiary/aromatic N) is 6. The Hall–Kier alpha value is -1.63. The highest BCUT2D eigenvalue weighted by Gasteiger charge is 2.10. The van der Waals surface area contributed by atoms with Crippen LogP contribution >= 0.6 is 11.8 Å². The van der Waals surface area contributed by atoms with Gasteiger partial charge in [0, 0.05) is 11.8 Å². The average molecular weight is 220 g/mol. The van der Waals surface area contributed by atoms with Crippen LogP contribution in [0.4, 0.5) is 0 Å².